The molecule has 1 aliphatic heterocycles. The molecule has 0 unspecified atom stereocenters. The van der Waals surface area contributed by atoms with Crippen molar-refractivity contribution in [2.24, 2.45) is 0 Å². The average molecular weight is 296 g/mol. The zero-order valence-electron chi connectivity index (χ0n) is 11.3. The van der Waals surface area contributed by atoms with Gasteiger partial charge in [-0.2, -0.15) is 0 Å². The molecule has 0 aliphatic carbocycles. The van der Waals surface area contributed by atoms with E-state index in [4.69, 9.17) is 0 Å². The van der Waals surface area contributed by atoms with Gasteiger partial charge in [0.05, 0.1) is 25.3 Å². The lowest BCUT2D eigenvalue weighted by Crippen LogP contribution is -2.39. The van der Waals surface area contributed by atoms with Crippen LogP contribution in [0.3, 0.4) is 0 Å². The Labute approximate surface area is 122 Å². The van der Waals surface area contributed by atoms with Gasteiger partial charge in [-0.1, -0.05) is 12.1 Å². The lowest BCUT2D eigenvalue weighted by molar-refractivity contribution is -0.132. The predicted octanol–water partition coefficient (Wildman–Crippen LogP) is 0.300. The van der Waals surface area contributed by atoms with Crippen molar-refractivity contribution in [3.05, 3.63) is 35.0 Å². The summed E-state index contributed by atoms with van der Waals surface area (Å²) < 4.78 is 0. The Hall–Kier alpha value is -1.21. The number of carbonyl (C=O) groups is 1. The summed E-state index contributed by atoms with van der Waals surface area (Å²) in [7, 11) is 0. The molecule has 0 saturated carbocycles. The van der Waals surface area contributed by atoms with E-state index < -0.39 is 12.2 Å². The van der Waals surface area contributed by atoms with E-state index in [0.29, 0.717) is 26.2 Å². The van der Waals surface area contributed by atoms with E-state index in [1.165, 1.54) is 0 Å². The molecule has 1 amide bonds. The average Bonchev–Trinajstić information content (AvgIpc) is 3.00. The monoisotopic (exact) mass is 296 g/mol. The van der Waals surface area contributed by atoms with E-state index in [1.54, 1.807) is 27.2 Å². The Morgan fingerprint density at radius 2 is 2.20 bits per heavy atom. The zero-order valence-corrected chi connectivity index (χ0v) is 12.1. The summed E-state index contributed by atoms with van der Waals surface area (Å²) in [6.07, 6.45) is 0.194. The van der Waals surface area contributed by atoms with Gasteiger partial charge in [0.1, 0.15) is 0 Å². The maximum absolute atomic E-state index is 12.3. The number of rotatable bonds is 6. The van der Waals surface area contributed by atoms with Crippen molar-refractivity contribution in [1.82, 2.24) is 9.80 Å². The van der Waals surface area contributed by atoms with Crippen molar-refractivity contribution in [3.63, 3.8) is 0 Å². The number of amides is 1. The highest BCUT2D eigenvalue weighted by Gasteiger charge is 2.31. The molecule has 0 spiro atoms. The van der Waals surface area contributed by atoms with E-state index in [0.717, 1.165) is 4.88 Å². The summed E-state index contributed by atoms with van der Waals surface area (Å²) in [5.74, 6) is -0.0143. The molecule has 0 bridgehead atoms. The maximum Gasteiger partial charge on any atom is 0.237 e. The Bertz CT molecular complexity index is 439. The maximum atomic E-state index is 12.3. The van der Waals surface area contributed by atoms with Crippen molar-refractivity contribution >= 4 is 17.2 Å². The molecular formula is C14H20N2O3S. The second-order valence-electron chi connectivity index (χ2n) is 4.97. The third kappa shape index (κ3) is 3.89. The number of aliphatic hydroxyl groups is 2. The molecule has 1 fully saturated rings. The van der Waals surface area contributed by atoms with Crippen molar-refractivity contribution in [3.8, 4) is 0 Å². The summed E-state index contributed by atoms with van der Waals surface area (Å²) in [6.45, 7) is 5.65. The minimum absolute atomic E-state index is 0.0143. The SMILES string of the molecule is C=CCN(Cc1cccs1)C(=O)CN1C[C@@H](O)[C@@H](O)C1. The highest BCUT2D eigenvalue weighted by molar-refractivity contribution is 7.09. The Kier molecular flexibility index (Phi) is 5.31. The molecule has 0 radical (unpaired) electrons. The van der Waals surface area contributed by atoms with E-state index in [2.05, 4.69) is 6.58 Å². The van der Waals surface area contributed by atoms with Crippen molar-refractivity contribution in [1.29, 1.82) is 0 Å². The van der Waals surface area contributed by atoms with Crippen LogP contribution in [-0.4, -0.2) is 64.3 Å². The summed E-state index contributed by atoms with van der Waals surface area (Å²) in [5.41, 5.74) is 0. The summed E-state index contributed by atoms with van der Waals surface area (Å²) in [5, 5.41) is 21.0. The number of β-amino-alcohol motifs (C(OH)–C–C–N with tert-alkyl or cyclic N) is 2. The van der Waals surface area contributed by atoms with Crippen molar-refractivity contribution < 1.29 is 15.0 Å². The second kappa shape index (κ2) is 6.99. The van der Waals surface area contributed by atoms with Gasteiger partial charge in [-0.05, 0) is 11.4 Å². The van der Waals surface area contributed by atoms with Gasteiger partial charge in [0.25, 0.3) is 0 Å². The molecule has 1 aromatic heterocycles. The van der Waals surface area contributed by atoms with Crippen LogP contribution in [0.2, 0.25) is 0 Å². The fourth-order valence-electron chi connectivity index (χ4n) is 2.27. The highest BCUT2D eigenvalue weighted by atomic mass is 32.1. The van der Waals surface area contributed by atoms with Crippen molar-refractivity contribution in [2.45, 2.75) is 18.8 Å². The Morgan fingerprint density at radius 3 is 2.75 bits per heavy atom. The first-order valence-electron chi connectivity index (χ1n) is 6.59. The lowest BCUT2D eigenvalue weighted by atomic mass is 10.3. The summed E-state index contributed by atoms with van der Waals surface area (Å²) >= 11 is 1.62. The molecule has 5 nitrogen and oxygen atoms in total. The molecule has 1 saturated heterocycles. The molecule has 0 aromatic carbocycles. The van der Waals surface area contributed by atoms with Gasteiger partial charge < -0.3 is 15.1 Å². The van der Waals surface area contributed by atoms with Gasteiger partial charge in [-0.3, -0.25) is 9.69 Å². The van der Waals surface area contributed by atoms with Crippen LogP contribution in [0.1, 0.15) is 4.88 Å². The third-order valence-electron chi connectivity index (χ3n) is 3.32. The Balaban J connectivity index is 1.91. The van der Waals surface area contributed by atoms with Gasteiger partial charge in [0.2, 0.25) is 5.91 Å². The summed E-state index contributed by atoms with van der Waals surface area (Å²) in [6, 6.07) is 3.96. The first-order chi connectivity index (χ1) is 9.60. The van der Waals surface area contributed by atoms with Crippen molar-refractivity contribution in [2.75, 3.05) is 26.2 Å². The standard InChI is InChI=1S/C14H20N2O3S/c1-2-5-16(7-11-4-3-6-20-11)14(19)10-15-8-12(17)13(18)9-15/h2-4,6,12-13,17-18H,1,5,7-10H2/t12-,13+. The van der Waals surface area contributed by atoms with E-state index >= 15 is 0 Å². The van der Waals surface area contributed by atoms with E-state index in [-0.39, 0.29) is 12.5 Å². The number of hydrogen-bond donors (Lipinski definition) is 2. The van der Waals surface area contributed by atoms with Gasteiger partial charge in [-0.25, -0.2) is 0 Å². The Morgan fingerprint density at radius 1 is 1.50 bits per heavy atom. The molecule has 2 atom stereocenters. The summed E-state index contributed by atoms with van der Waals surface area (Å²) in [4.78, 5) is 16.9. The number of aliphatic hydroxyl groups excluding tert-OH is 2. The van der Waals surface area contributed by atoms with Crippen LogP contribution in [0.15, 0.2) is 30.2 Å². The second-order valence-corrected chi connectivity index (χ2v) is 6.00. The predicted molar refractivity (Wildman–Crippen MR) is 78.4 cm³/mol. The number of likely N-dealkylation sites (tertiary alicyclic amines) is 1. The van der Waals surface area contributed by atoms with Crippen LogP contribution in [0, 0.1) is 0 Å². The van der Waals surface area contributed by atoms with Crippen LogP contribution < -0.4 is 0 Å². The van der Waals surface area contributed by atoms with Gasteiger partial charge in [-0.15, -0.1) is 17.9 Å². The first-order valence-corrected chi connectivity index (χ1v) is 7.47. The quantitative estimate of drug-likeness (QED) is 0.741. The minimum Gasteiger partial charge on any atom is -0.389 e. The van der Waals surface area contributed by atoms with Crippen LogP contribution in [0.25, 0.3) is 0 Å². The van der Waals surface area contributed by atoms with Gasteiger partial charge in [0, 0.05) is 24.5 Å². The molecule has 1 aliphatic rings. The zero-order chi connectivity index (χ0) is 14.5. The fourth-order valence-corrected chi connectivity index (χ4v) is 2.99. The number of nitrogens with zero attached hydrogens (tertiary/aromatic N) is 2. The topological polar surface area (TPSA) is 64.0 Å². The number of thiophene rings is 1. The molecule has 20 heavy (non-hydrogen) atoms. The highest BCUT2D eigenvalue weighted by Crippen LogP contribution is 2.14. The number of carbonyl (C=O) groups excluding carboxylic acids is 1. The third-order valence-corrected chi connectivity index (χ3v) is 4.18. The largest absolute Gasteiger partial charge is 0.389 e. The molecular weight excluding hydrogens is 276 g/mol. The van der Waals surface area contributed by atoms with E-state index in [9.17, 15) is 15.0 Å². The molecule has 6 heteroatoms. The van der Waals surface area contributed by atoms with Crippen LogP contribution >= 0.6 is 11.3 Å². The molecule has 2 N–H and O–H groups in total. The first kappa shape index (κ1) is 15.2. The van der Waals surface area contributed by atoms with Gasteiger partial charge in [0.15, 0.2) is 0 Å². The lowest BCUT2D eigenvalue weighted by Gasteiger charge is -2.23. The smallest absolute Gasteiger partial charge is 0.237 e. The number of hydrogen-bond acceptors (Lipinski definition) is 5. The van der Waals surface area contributed by atoms with Gasteiger partial charge >= 0.3 is 0 Å². The molecule has 2 rings (SSSR count). The fraction of sp³-hybridized carbons (Fsp3) is 0.500. The van der Waals surface area contributed by atoms with Crippen LogP contribution in [0.5, 0.6) is 0 Å². The molecule has 2 heterocycles. The van der Waals surface area contributed by atoms with E-state index in [1.807, 2.05) is 17.5 Å². The van der Waals surface area contributed by atoms with Crippen LogP contribution in [-0.2, 0) is 11.3 Å². The normalized spacial score (nSPS) is 22.9. The molecule has 1 aromatic rings. The van der Waals surface area contributed by atoms with Crippen LogP contribution in [0.4, 0.5) is 0 Å². The molecule has 110 valence electrons. The minimum atomic E-state index is -0.757.